The first-order chi connectivity index (χ1) is 7.97. The molecular weight excluding hydrogens is 235 g/mol. The van der Waals surface area contributed by atoms with Gasteiger partial charge in [-0.2, -0.15) is 13.2 Å². The minimum Gasteiger partial charge on any atom is -0.353 e. The van der Waals surface area contributed by atoms with Crippen molar-refractivity contribution in [3.63, 3.8) is 0 Å². The predicted molar refractivity (Wildman–Crippen MR) is 55.5 cm³/mol. The summed E-state index contributed by atoms with van der Waals surface area (Å²) in [4.78, 5) is 12.4. The molecule has 98 valence electrons. The second-order valence-corrected chi connectivity index (χ2v) is 4.58. The maximum absolute atomic E-state index is 12.8. The number of halogens is 3. The Bertz CT molecular complexity index is 289. The third kappa shape index (κ3) is 3.10. The van der Waals surface area contributed by atoms with Crippen LogP contribution in [0.4, 0.5) is 13.2 Å². The van der Waals surface area contributed by atoms with Crippen LogP contribution in [0.5, 0.6) is 0 Å². The van der Waals surface area contributed by atoms with Gasteiger partial charge in [0.05, 0.1) is 6.54 Å². The number of rotatable bonds is 2. The van der Waals surface area contributed by atoms with Gasteiger partial charge in [0, 0.05) is 19.1 Å². The summed E-state index contributed by atoms with van der Waals surface area (Å²) in [6.45, 7) is 0.635. The minimum absolute atomic E-state index is 0.0748. The van der Waals surface area contributed by atoms with Crippen LogP contribution in [0.15, 0.2) is 0 Å². The summed E-state index contributed by atoms with van der Waals surface area (Å²) in [6.07, 6.45) is -2.42. The topological polar surface area (TPSA) is 44.4 Å². The van der Waals surface area contributed by atoms with Gasteiger partial charge in [-0.1, -0.05) is 0 Å². The van der Waals surface area contributed by atoms with Crippen molar-refractivity contribution in [3.8, 4) is 0 Å². The van der Waals surface area contributed by atoms with E-state index in [1.165, 1.54) is 4.90 Å². The SMILES string of the molecule is O=C1CN(CC2CCCN2)C(C(F)(F)F)CN1. The molecular formula is C10H16F3N3O. The number of piperazine rings is 1. The van der Waals surface area contributed by atoms with Gasteiger partial charge in [0.2, 0.25) is 5.91 Å². The number of carbonyl (C=O) groups excluding carboxylic acids is 1. The molecule has 7 heteroatoms. The van der Waals surface area contributed by atoms with Crippen LogP contribution in [0, 0.1) is 0 Å². The first-order valence-electron chi connectivity index (χ1n) is 5.77. The highest BCUT2D eigenvalue weighted by molar-refractivity contribution is 5.78. The maximum Gasteiger partial charge on any atom is 0.405 e. The van der Waals surface area contributed by atoms with Gasteiger partial charge in [-0.3, -0.25) is 9.69 Å². The van der Waals surface area contributed by atoms with Crippen molar-refractivity contribution >= 4 is 5.91 Å². The highest BCUT2D eigenvalue weighted by Crippen LogP contribution is 2.26. The zero-order chi connectivity index (χ0) is 12.5. The third-order valence-electron chi connectivity index (χ3n) is 3.28. The molecule has 0 aromatic heterocycles. The van der Waals surface area contributed by atoms with Crippen LogP contribution in [0.1, 0.15) is 12.8 Å². The van der Waals surface area contributed by atoms with E-state index in [1.54, 1.807) is 0 Å². The summed E-state index contributed by atoms with van der Waals surface area (Å²) in [5, 5.41) is 5.42. The van der Waals surface area contributed by atoms with E-state index in [0.717, 1.165) is 19.4 Å². The Labute approximate surface area is 97.5 Å². The van der Waals surface area contributed by atoms with Crippen molar-refractivity contribution in [2.24, 2.45) is 0 Å². The fraction of sp³-hybridized carbons (Fsp3) is 0.900. The molecule has 0 saturated carbocycles. The van der Waals surface area contributed by atoms with Gasteiger partial charge >= 0.3 is 6.18 Å². The molecule has 2 atom stereocenters. The number of nitrogens with one attached hydrogen (secondary N) is 2. The zero-order valence-electron chi connectivity index (χ0n) is 9.39. The average Bonchev–Trinajstić information content (AvgIpc) is 2.68. The molecule has 2 N–H and O–H groups in total. The summed E-state index contributed by atoms with van der Waals surface area (Å²) in [5.74, 6) is -0.330. The lowest BCUT2D eigenvalue weighted by molar-refractivity contribution is -0.189. The lowest BCUT2D eigenvalue weighted by atomic mass is 10.1. The quantitative estimate of drug-likeness (QED) is 0.731. The van der Waals surface area contributed by atoms with Crippen molar-refractivity contribution < 1.29 is 18.0 Å². The van der Waals surface area contributed by atoms with Crippen LogP contribution in [0.3, 0.4) is 0 Å². The van der Waals surface area contributed by atoms with Crippen molar-refractivity contribution in [2.45, 2.75) is 31.1 Å². The molecule has 2 heterocycles. The van der Waals surface area contributed by atoms with Gasteiger partial charge in [-0.05, 0) is 19.4 Å². The monoisotopic (exact) mass is 251 g/mol. The average molecular weight is 251 g/mol. The second kappa shape index (κ2) is 4.81. The summed E-state index contributed by atoms with van der Waals surface area (Å²) >= 11 is 0. The van der Waals surface area contributed by atoms with E-state index in [9.17, 15) is 18.0 Å². The van der Waals surface area contributed by atoms with Crippen LogP contribution in [-0.4, -0.2) is 55.2 Å². The molecule has 1 amide bonds. The number of amides is 1. The predicted octanol–water partition coefficient (Wildman–Crippen LogP) is 0.101. The van der Waals surface area contributed by atoms with Crippen molar-refractivity contribution in [2.75, 3.05) is 26.2 Å². The number of hydrogen-bond acceptors (Lipinski definition) is 3. The van der Waals surface area contributed by atoms with Crippen molar-refractivity contribution in [3.05, 3.63) is 0 Å². The molecule has 2 aliphatic heterocycles. The number of hydrogen-bond donors (Lipinski definition) is 2. The van der Waals surface area contributed by atoms with Crippen LogP contribution in [-0.2, 0) is 4.79 Å². The van der Waals surface area contributed by atoms with Gasteiger partial charge in [0.15, 0.2) is 0 Å². The van der Waals surface area contributed by atoms with Crippen LogP contribution in [0.25, 0.3) is 0 Å². The van der Waals surface area contributed by atoms with E-state index in [0.29, 0.717) is 0 Å². The number of nitrogens with zero attached hydrogens (tertiary/aromatic N) is 1. The molecule has 0 spiro atoms. The molecule has 0 radical (unpaired) electrons. The van der Waals surface area contributed by atoms with E-state index in [2.05, 4.69) is 10.6 Å². The van der Waals surface area contributed by atoms with Gasteiger partial charge < -0.3 is 10.6 Å². The molecule has 0 aromatic carbocycles. The lowest BCUT2D eigenvalue weighted by Gasteiger charge is -2.37. The Morgan fingerprint density at radius 1 is 1.41 bits per heavy atom. The highest BCUT2D eigenvalue weighted by atomic mass is 19.4. The second-order valence-electron chi connectivity index (χ2n) is 4.58. The first kappa shape index (κ1) is 12.6. The lowest BCUT2D eigenvalue weighted by Crippen LogP contribution is -2.61. The summed E-state index contributed by atoms with van der Waals surface area (Å²) in [6, 6.07) is -1.48. The molecule has 4 nitrogen and oxygen atoms in total. The molecule has 2 fully saturated rings. The van der Waals surface area contributed by atoms with E-state index in [1.807, 2.05) is 0 Å². The minimum atomic E-state index is -4.29. The molecule has 2 aliphatic rings. The van der Waals surface area contributed by atoms with Crippen LogP contribution in [0.2, 0.25) is 0 Å². The largest absolute Gasteiger partial charge is 0.405 e. The Balaban J connectivity index is 2.00. The van der Waals surface area contributed by atoms with Crippen LogP contribution >= 0.6 is 0 Å². The fourth-order valence-electron chi connectivity index (χ4n) is 2.40. The number of alkyl halides is 3. The molecule has 2 unspecified atom stereocenters. The Hall–Kier alpha value is -0.820. The van der Waals surface area contributed by atoms with E-state index < -0.39 is 12.2 Å². The standard InChI is InChI=1S/C10H16F3N3O/c11-10(12,13)8-4-15-9(17)6-16(8)5-7-2-1-3-14-7/h7-8,14H,1-6H2,(H,15,17). The van der Waals surface area contributed by atoms with Gasteiger partial charge in [0.25, 0.3) is 0 Å². The van der Waals surface area contributed by atoms with Gasteiger partial charge in [-0.25, -0.2) is 0 Å². The molecule has 2 saturated heterocycles. The van der Waals surface area contributed by atoms with Gasteiger partial charge in [-0.15, -0.1) is 0 Å². The highest BCUT2D eigenvalue weighted by Gasteiger charge is 2.46. The van der Waals surface area contributed by atoms with Crippen molar-refractivity contribution in [1.82, 2.24) is 15.5 Å². The molecule has 2 rings (SSSR count). The normalized spacial score (nSPS) is 31.6. The van der Waals surface area contributed by atoms with E-state index in [4.69, 9.17) is 0 Å². The molecule has 0 bridgehead atoms. The first-order valence-corrected chi connectivity index (χ1v) is 5.77. The third-order valence-corrected chi connectivity index (χ3v) is 3.28. The Morgan fingerprint density at radius 2 is 2.18 bits per heavy atom. The Kier molecular flexibility index (Phi) is 3.58. The van der Waals surface area contributed by atoms with Crippen LogP contribution < -0.4 is 10.6 Å². The number of carbonyl (C=O) groups is 1. The summed E-state index contributed by atoms with van der Waals surface area (Å²) in [7, 11) is 0. The molecule has 0 aromatic rings. The van der Waals surface area contributed by atoms with Gasteiger partial charge in [0.1, 0.15) is 6.04 Å². The Morgan fingerprint density at radius 3 is 2.76 bits per heavy atom. The molecule has 0 aliphatic carbocycles. The summed E-state index contributed by atoms with van der Waals surface area (Å²) < 4.78 is 38.3. The molecule has 17 heavy (non-hydrogen) atoms. The summed E-state index contributed by atoms with van der Waals surface area (Å²) in [5.41, 5.74) is 0. The smallest absolute Gasteiger partial charge is 0.353 e. The maximum atomic E-state index is 12.8. The van der Waals surface area contributed by atoms with E-state index in [-0.39, 0.29) is 31.6 Å². The van der Waals surface area contributed by atoms with E-state index >= 15 is 0 Å². The van der Waals surface area contributed by atoms with Crippen molar-refractivity contribution in [1.29, 1.82) is 0 Å². The zero-order valence-corrected chi connectivity index (χ0v) is 9.39. The fourth-order valence-corrected chi connectivity index (χ4v) is 2.40.